The number of alkyl halides is 5. The van der Waals surface area contributed by atoms with Crippen LogP contribution in [0.4, 0.5) is 22.0 Å². The topological polar surface area (TPSA) is 68.0 Å². The first-order valence-corrected chi connectivity index (χ1v) is 8.67. The van der Waals surface area contributed by atoms with Crippen LogP contribution in [0.5, 0.6) is 5.75 Å². The summed E-state index contributed by atoms with van der Waals surface area (Å²) in [6, 6.07) is 1.30. The molecule has 1 unspecified atom stereocenters. The SMILES string of the molecule is [C-]#[N+]C(C)(C)COc1ccc(S(=O)(=O)C(F)(F)F)c2c1CC(F)(F)C2O. The fourth-order valence-electron chi connectivity index (χ4n) is 2.43. The van der Waals surface area contributed by atoms with Crippen molar-refractivity contribution in [2.24, 2.45) is 0 Å². The Morgan fingerprint density at radius 2 is 1.92 bits per heavy atom. The zero-order chi connectivity index (χ0) is 20.1. The van der Waals surface area contributed by atoms with Crippen LogP contribution in [0.1, 0.15) is 31.1 Å². The quantitative estimate of drug-likeness (QED) is 0.623. The number of aliphatic hydroxyl groups excluding tert-OH is 1. The van der Waals surface area contributed by atoms with E-state index in [2.05, 4.69) is 4.85 Å². The summed E-state index contributed by atoms with van der Waals surface area (Å²) in [5.74, 6) is -4.15. The van der Waals surface area contributed by atoms with Crippen LogP contribution in [-0.4, -0.2) is 37.1 Å². The van der Waals surface area contributed by atoms with Gasteiger partial charge in [-0.3, -0.25) is 0 Å². The van der Waals surface area contributed by atoms with Crippen molar-refractivity contribution in [3.63, 3.8) is 0 Å². The van der Waals surface area contributed by atoms with Crippen LogP contribution < -0.4 is 4.74 Å². The molecule has 2 rings (SSSR count). The summed E-state index contributed by atoms with van der Waals surface area (Å²) in [4.78, 5) is 1.82. The molecule has 0 saturated heterocycles. The molecule has 1 atom stereocenters. The Bertz CT molecular complexity index is 871. The van der Waals surface area contributed by atoms with E-state index in [0.29, 0.717) is 6.07 Å². The zero-order valence-corrected chi connectivity index (χ0v) is 14.4. The molecule has 0 spiro atoms. The minimum atomic E-state index is -5.95. The number of ether oxygens (including phenoxy) is 1. The van der Waals surface area contributed by atoms with Crippen molar-refractivity contribution in [2.75, 3.05) is 6.61 Å². The van der Waals surface area contributed by atoms with Crippen LogP contribution in [-0.2, 0) is 16.3 Å². The number of aliphatic hydroxyl groups is 1. The second-order valence-corrected chi connectivity index (χ2v) is 8.37. The Balaban J connectivity index is 2.62. The summed E-state index contributed by atoms with van der Waals surface area (Å²) in [7, 11) is -5.95. The second kappa shape index (κ2) is 6.06. The average Bonchev–Trinajstić information content (AvgIpc) is 2.74. The van der Waals surface area contributed by atoms with E-state index in [1.165, 1.54) is 13.8 Å². The lowest BCUT2D eigenvalue weighted by atomic mass is 10.1. The first-order valence-electron chi connectivity index (χ1n) is 7.18. The van der Waals surface area contributed by atoms with E-state index < -0.39 is 55.4 Å². The maximum Gasteiger partial charge on any atom is 0.501 e. The van der Waals surface area contributed by atoms with Gasteiger partial charge in [0, 0.05) is 31.4 Å². The maximum absolute atomic E-state index is 13.9. The fraction of sp³-hybridized carbons (Fsp3) is 0.533. The van der Waals surface area contributed by atoms with Gasteiger partial charge in [-0.2, -0.15) is 13.2 Å². The molecule has 0 radical (unpaired) electrons. The van der Waals surface area contributed by atoms with Crippen molar-refractivity contribution in [1.29, 1.82) is 0 Å². The lowest BCUT2D eigenvalue weighted by Gasteiger charge is -2.18. The molecule has 1 aliphatic rings. The van der Waals surface area contributed by atoms with Gasteiger partial charge in [-0.1, -0.05) is 0 Å². The number of halogens is 5. The highest BCUT2D eigenvalue weighted by atomic mass is 32.2. The van der Waals surface area contributed by atoms with E-state index in [-0.39, 0.29) is 12.4 Å². The average molecular weight is 399 g/mol. The van der Waals surface area contributed by atoms with Crippen LogP contribution in [0.3, 0.4) is 0 Å². The minimum absolute atomic E-state index is 0.268. The lowest BCUT2D eigenvalue weighted by Crippen LogP contribution is -2.27. The number of rotatable bonds is 4. The molecule has 0 fully saturated rings. The van der Waals surface area contributed by atoms with Crippen molar-refractivity contribution >= 4 is 9.84 Å². The van der Waals surface area contributed by atoms with Crippen molar-refractivity contribution in [1.82, 2.24) is 0 Å². The second-order valence-electron chi connectivity index (χ2n) is 6.46. The molecule has 0 bridgehead atoms. The predicted octanol–water partition coefficient (Wildman–Crippen LogP) is 3.28. The third-order valence-electron chi connectivity index (χ3n) is 3.84. The van der Waals surface area contributed by atoms with Gasteiger partial charge in [-0.15, -0.1) is 0 Å². The summed E-state index contributed by atoms with van der Waals surface area (Å²) in [6.45, 7) is 9.70. The van der Waals surface area contributed by atoms with Gasteiger partial charge < -0.3 is 14.7 Å². The Hall–Kier alpha value is -1.93. The van der Waals surface area contributed by atoms with Crippen LogP contribution in [0.25, 0.3) is 4.85 Å². The highest BCUT2D eigenvalue weighted by Crippen LogP contribution is 2.50. The number of sulfone groups is 1. The van der Waals surface area contributed by atoms with E-state index in [1.54, 1.807) is 0 Å². The maximum atomic E-state index is 13.9. The van der Waals surface area contributed by atoms with Crippen molar-refractivity contribution in [3.05, 3.63) is 34.7 Å². The Labute approximate surface area is 146 Å². The fourth-order valence-corrected chi connectivity index (χ4v) is 3.45. The van der Waals surface area contributed by atoms with E-state index in [0.717, 1.165) is 6.07 Å². The van der Waals surface area contributed by atoms with Crippen molar-refractivity contribution < 1.29 is 40.2 Å². The summed E-state index contributed by atoms with van der Waals surface area (Å²) < 4.78 is 94.9. The van der Waals surface area contributed by atoms with Gasteiger partial charge in [0.05, 0.1) is 4.90 Å². The standard InChI is InChI=1S/C15H14F5NO4S/c1-13(2,21-3)7-25-9-4-5-10(26(23,24)15(18,19)20)11-8(9)6-14(16,17)12(11)22/h4-5,12,22H,6-7H2,1-2H3. The minimum Gasteiger partial charge on any atom is -0.485 e. The highest BCUT2D eigenvalue weighted by molar-refractivity contribution is 7.92. The monoisotopic (exact) mass is 399 g/mol. The number of benzene rings is 1. The van der Waals surface area contributed by atoms with Crippen LogP contribution in [0.2, 0.25) is 0 Å². The zero-order valence-electron chi connectivity index (χ0n) is 13.6. The Kier molecular flexibility index (Phi) is 4.75. The summed E-state index contributed by atoms with van der Waals surface area (Å²) in [5, 5.41) is 9.73. The molecule has 0 aliphatic heterocycles. The van der Waals surface area contributed by atoms with E-state index in [4.69, 9.17) is 11.3 Å². The normalized spacial score (nSPS) is 19.7. The van der Waals surface area contributed by atoms with Gasteiger partial charge in [0.1, 0.15) is 11.9 Å². The summed E-state index contributed by atoms with van der Waals surface area (Å²) in [6.07, 6.45) is -3.90. The van der Waals surface area contributed by atoms with Gasteiger partial charge in [0.15, 0.2) is 6.61 Å². The van der Waals surface area contributed by atoms with Crippen LogP contribution in [0.15, 0.2) is 17.0 Å². The molecule has 1 aromatic rings. The molecule has 5 nitrogen and oxygen atoms in total. The van der Waals surface area contributed by atoms with Crippen LogP contribution >= 0.6 is 0 Å². The molecular weight excluding hydrogens is 385 g/mol. The molecule has 1 aromatic carbocycles. The summed E-state index contributed by atoms with van der Waals surface area (Å²) in [5.41, 5.74) is -8.30. The molecule has 1 N–H and O–H groups in total. The number of nitrogens with zero attached hydrogens (tertiary/aromatic N) is 1. The third-order valence-corrected chi connectivity index (χ3v) is 5.38. The molecule has 26 heavy (non-hydrogen) atoms. The smallest absolute Gasteiger partial charge is 0.485 e. The highest BCUT2D eigenvalue weighted by Gasteiger charge is 2.55. The number of hydrogen-bond acceptors (Lipinski definition) is 4. The largest absolute Gasteiger partial charge is 0.501 e. The Morgan fingerprint density at radius 3 is 2.42 bits per heavy atom. The first-order chi connectivity index (χ1) is 11.6. The van der Waals surface area contributed by atoms with Crippen molar-refractivity contribution in [2.45, 2.75) is 48.2 Å². The molecular formula is C15H14F5NO4S. The molecule has 0 heterocycles. The molecule has 0 saturated carbocycles. The summed E-state index contributed by atoms with van der Waals surface area (Å²) >= 11 is 0. The van der Waals surface area contributed by atoms with Crippen LogP contribution in [0, 0.1) is 6.57 Å². The first kappa shape index (κ1) is 20.4. The molecule has 144 valence electrons. The lowest BCUT2D eigenvalue weighted by molar-refractivity contribution is -0.0978. The Morgan fingerprint density at radius 1 is 1.35 bits per heavy atom. The van der Waals surface area contributed by atoms with Crippen molar-refractivity contribution in [3.8, 4) is 5.75 Å². The molecule has 1 aliphatic carbocycles. The van der Waals surface area contributed by atoms with Gasteiger partial charge in [0.25, 0.3) is 21.3 Å². The number of fused-ring (bicyclic) bond motifs is 1. The van der Waals surface area contributed by atoms with Gasteiger partial charge in [-0.25, -0.2) is 23.8 Å². The van der Waals surface area contributed by atoms with Gasteiger partial charge >= 0.3 is 5.51 Å². The molecule has 0 amide bonds. The third kappa shape index (κ3) is 3.35. The van der Waals surface area contributed by atoms with E-state index >= 15 is 0 Å². The van der Waals surface area contributed by atoms with Gasteiger partial charge in [-0.05, 0) is 12.1 Å². The molecule has 11 heteroatoms. The predicted molar refractivity (Wildman–Crippen MR) is 79.5 cm³/mol. The molecule has 0 aromatic heterocycles. The van der Waals surface area contributed by atoms with Gasteiger partial charge in [0.2, 0.25) is 0 Å². The number of hydrogen-bond donors (Lipinski definition) is 1. The van der Waals surface area contributed by atoms with E-state index in [9.17, 15) is 35.5 Å². The van der Waals surface area contributed by atoms with E-state index in [1.807, 2.05) is 0 Å².